The number of halogens is 1. The van der Waals surface area contributed by atoms with E-state index in [9.17, 15) is 9.50 Å². The first kappa shape index (κ1) is 23.2. The zero-order chi connectivity index (χ0) is 23.5. The Hall–Kier alpha value is -2.60. The fourth-order valence-electron chi connectivity index (χ4n) is 4.19. The molecule has 3 aromatic rings. The summed E-state index contributed by atoms with van der Waals surface area (Å²) in [5, 5.41) is 22.6. The number of aliphatic hydroxyl groups excluding tert-OH is 1. The van der Waals surface area contributed by atoms with Gasteiger partial charge in [-0.1, -0.05) is 0 Å². The summed E-state index contributed by atoms with van der Waals surface area (Å²) in [7, 11) is 1.50. The molecule has 2 aliphatic heterocycles. The monoisotopic (exact) mass is 487 g/mol. The molecule has 5 heterocycles. The second-order valence-electron chi connectivity index (χ2n) is 8.31. The Morgan fingerprint density at radius 2 is 2.24 bits per heavy atom. The van der Waals surface area contributed by atoms with Crippen molar-refractivity contribution in [1.82, 2.24) is 25.5 Å². The molecule has 9 nitrogen and oxygen atoms in total. The molecule has 34 heavy (non-hydrogen) atoms. The van der Waals surface area contributed by atoms with Gasteiger partial charge in [-0.25, -0.2) is 9.37 Å². The van der Waals surface area contributed by atoms with E-state index in [4.69, 9.17) is 14.2 Å². The van der Waals surface area contributed by atoms with Crippen molar-refractivity contribution in [3.8, 4) is 11.8 Å². The third-order valence-corrected chi connectivity index (χ3v) is 7.01. The summed E-state index contributed by atoms with van der Waals surface area (Å²) in [6.45, 7) is 1.68. The Bertz CT molecular complexity index is 1160. The van der Waals surface area contributed by atoms with Crippen LogP contribution in [0.2, 0.25) is 0 Å². The molecule has 2 N–H and O–H groups in total. The van der Waals surface area contributed by atoms with Crippen molar-refractivity contribution in [3.05, 3.63) is 41.5 Å². The van der Waals surface area contributed by atoms with Crippen LogP contribution < -0.4 is 14.8 Å². The predicted octanol–water partition coefficient (Wildman–Crippen LogP) is 2.29. The number of thioether (sulfide) groups is 1. The molecule has 0 bridgehead atoms. The first-order valence-electron chi connectivity index (χ1n) is 11.2. The summed E-state index contributed by atoms with van der Waals surface area (Å²) in [5.41, 5.74) is 2.10. The fraction of sp³-hybridized carbons (Fsp3) is 0.478. The van der Waals surface area contributed by atoms with Gasteiger partial charge in [-0.05, 0) is 25.0 Å². The van der Waals surface area contributed by atoms with Crippen molar-refractivity contribution in [2.24, 2.45) is 0 Å². The van der Waals surface area contributed by atoms with Crippen LogP contribution in [0.1, 0.15) is 24.1 Å². The van der Waals surface area contributed by atoms with E-state index in [1.165, 1.54) is 7.11 Å². The lowest BCUT2D eigenvalue weighted by molar-refractivity contribution is -0.0719. The highest BCUT2D eigenvalue weighted by atomic mass is 32.2. The second kappa shape index (κ2) is 10.3. The topological polar surface area (TPSA) is 112 Å². The zero-order valence-electron chi connectivity index (χ0n) is 18.7. The minimum atomic E-state index is -0.863. The molecule has 3 aromatic heterocycles. The van der Waals surface area contributed by atoms with Crippen LogP contribution in [-0.4, -0.2) is 69.6 Å². The number of fused-ring (bicyclic) bond motifs is 2. The number of hydrogen-bond donors (Lipinski definition) is 2. The molecule has 0 unspecified atom stereocenters. The highest BCUT2D eigenvalue weighted by Crippen LogP contribution is 2.31. The minimum absolute atomic E-state index is 0.0816. The Kier molecular flexibility index (Phi) is 7.05. The van der Waals surface area contributed by atoms with Gasteiger partial charge in [0.15, 0.2) is 0 Å². The third kappa shape index (κ3) is 5.07. The van der Waals surface area contributed by atoms with Crippen molar-refractivity contribution >= 4 is 22.8 Å². The zero-order valence-corrected chi connectivity index (χ0v) is 19.6. The second-order valence-corrected chi connectivity index (χ2v) is 9.44. The number of aliphatic hydroxyl groups is 1. The first-order chi connectivity index (χ1) is 16.6. The van der Waals surface area contributed by atoms with Crippen LogP contribution >= 0.6 is 11.8 Å². The van der Waals surface area contributed by atoms with Crippen LogP contribution in [0, 0.1) is 5.82 Å². The van der Waals surface area contributed by atoms with E-state index in [1.807, 2.05) is 6.07 Å². The highest BCUT2D eigenvalue weighted by Gasteiger charge is 2.29. The van der Waals surface area contributed by atoms with Crippen molar-refractivity contribution in [2.45, 2.75) is 49.0 Å². The average Bonchev–Trinajstić information content (AvgIpc) is 2.89. The van der Waals surface area contributed by atoms with E-state index in [2.05, 4.69) is 25.5 Å². The Labute approximate surface area is 200 Å². The lowest BCUT2D eigenvalue weighted by Crippen LogP contribution is -2.44. The summed E-state index contributed by atoms with van der Waals surface area (Å²) in [6.07, 6.45) is 1.47. The Balaban J connectivity index is 1.16. The smallest absolute Gasteiger partial charge is 0.247 e. The summed E-state index contributed by atoms with van der Waals surface area (Å²) >= 11 is 1.72. The van der Waals surface area contributed by atoms with Crippen molar-refractivity contribution in [3.63, 3.8) is 0 Å². The van der Waals surface area contributed by atoms with Gasteiger partial charge in [-0.3, -0.25) is 4.98 Å². The maximum absolute atomic E-state index is 14.6. The maximum atomic E-state index is 14.6. The number of nitrogens with one attached hydrogen (secondary N) is 1. The normalized spacial score (nSPS) is 21.0. The fourth-order valence-corrected chi connectivity index (χ4v) is 5.02. The van der Waals surface area contributed by atoms with Gasteiger partial charge in [-0.15, -0.1) is 16.9 Å². The molecule has 11 heteroatoms. The van der Waals surface area contributed by atoms with Crippen LogP contribution in [0.4, 0.5) is 4.39 Å². The molecule has 0 amide bonds. The van der Waals surface area contributed by atoms with E-state index in [-0.39, 0.29) is 18.6 Å². The van der Waals surface area contributed by atoms with Gasteiger partial charge in [0.2, 0.25) is 11.8 Å². The predicted molar refractivity (Wildman–Crippen MR) is 124 cm³/mol. The van der Waals surface area contributed by atoms with Crippen LogP contribution in [0.5, 0.6) is 11.8 Å². The average molecular weight is 488 g/mol. The molecule has 180 valence electrons. The summed E-state index contributed by atoms with van der Waals surface area (Å²) < 4.78 is 31.2. The van der Waals surface area contributed by atoms with E-state index in [0.717, 1.165) is 29.0 Å². The summed E-state index contributed by atoms with van der Waals surface area (Å²) in [6, 6.07) is 5.54. The maximum Gasteiger partial charge on any atom is 0.247 e. The largest absolute Gasteiger partial charge is 0.481 e. The molecule has 2 aliphatic rings. The van der Waals surface area contributed by atoms with Crippen molar-refractivity contribution < 1.29 is 23.7 Å². The molecule has 0 aliphatic carbocycles. The van der Waals surface area contributed by atoms with E-state index >= 15 is 0 Å². The van der Waals surface area contributed by atoms with E-state index < -0.39 is 11.9 Å². The number of aromatic nitrogens is 4. The van der Waals surface area contributed by atoms with Crippen LogP contribution in [0.15, 0.2) is 29.3 Å². The van der Waals surface area contributed by atoms with Crippen LogP contribution in [0.3, 0.4) is 0 Å². The van der Waals surface area contributed by atoms with Gasteiger partial charge in [-0.2, -0.15) is 5.10 Å². The summed E-state index contributed by atoms with van der Waals surface area (Å²) in [4.78, 5) is 9.44. The van der Waals surface area contributed by atoms with Crippen LogP contribution in [-0.2, 0) is 17.7 Å². The number of nitrogens with zero attached hydrogens (tertiary/aromatic N) is 4. The molecule has 1 fully saturated rings. The Morgan fingerprint density at radius 3 is 3.06 bits per heavy atom. The van der Waals surface area contributed by atoms with E-state index in [0.29, 0.717) is 54.5 Å². The molecule has 0 saturated carbocycles. The number of ether oxygens (including phenoxy) is 3. The minimum Gasteiger partial charge on any atom is -0.481 e. The number of hydrogen-bond acceptors (Lipinski definition) is 10. The molecular weight excluding hydrogens is 461 g/mol. The quantitative estimate of drug-likeness (QED) is 0.515. The molecule has 0 aromatic carbocycles. The van der Waals surface area contributed by atoms with E-state index in [1.54, 1.807) is 23.9 Å². The number of pyridine rings is 2. The lowest BCUT2D eigenvalue weighted by Gasteiger charge is -2.32. The van der Waals surface area contributed by atoms with Gasteiger partial charge >= 0.3 is 0 Å². The molecular formula is C23H26FN5O4S. The van der Waals surface area contributed by atoms with Gasteiger partial charge in [0.05, 0.1) is 60.4 Å². The first-order valence-corrected chi connectivity index (χ1v) is 12.2. The molecule has 1 saturated heterocycles. The third-order valence-electron chi connectivity index (χ3n) is 6.03. The van der Waals surface area contributed by atoms with Crippen molar-refractivity contribution in [2.75, 3.05) is 26.1 Å². The SMILES string of the molecule is COc1ccc2ncc(F)c(C[C@H](O)[C@@H]3CC[C@@H](NCc4cc5c(nn4)OCCS5)CO3)c2n1. The lowest BCUT2D eigenvalue weighted by atomic mass is 9.96. The van der Waals surface area contributed by atoms with Gasteiger partial charge < -0.3 is 24.6 Å². The molecule has 5 rings (SSSR count). The van der Waals surface area contributed by atoms with Gasteiger partial charge in [0.1, 0.15) is 5.82 Å². The van der Waals surface area contributed by atoms with Crippen molar-refractivity contribution in [1.29, 1.82) is 0 Å². The van der Waals surface area contributed by atoms with Gasteiger partial charge in [0, 0.05) is 36.4 Å². The standard InChI is InChI=1S/C23H26FN5O4S/c1-31-21-5-3-17-22(27-21)15(16(24)11-26-17)9-18(30)19-4-2-13(12-33-19)25-10-14-8-20-23(29-28-14)32-6-7-34-20/h3,5,8,11,13,18-19,25,30H,2,4,6-7,9-10,12H2,1H3/t13-,18+,19+/m1/s1. The van der Waals surface area contributed by atoms with Gasteiger partial charge in [0.25, 0.3) is 0 Å². The number of methoxy groups -OCH3 is 1. The molecule has 0 radical (unpaired) electrons. The number of rotatable bonds is 7. The molecule has 0 spiro atoms. The highest BCUT2D eigenvalue weighted by molar-refractivity contribution is 7.99. The summed E-state index contributed by atoms with van der Waals surface area (Å²) in [5.74, 6) is 1.38. The molecule has 3 atom stereocenters. The van der Waals surface area contributed by atoms with Crippen LogP contribution in [0.25, 0.3) is 11.0 Å². The Morgan fingerprint density at radius 1 is 1.32 bits per heavy atom.